The highest BCUT2D eigenvalue weighted by molar-refractivity contribution is 5.30. The first-order chi connectivity index (χ1) is 9.17. The number of hydrogen-bond donors (Lipinski definition) is 2. The van der Waals surface area contributed by atoms with Gasteiger partial charge in [-0.1, -0.05) is 24.3 Å². The molecule has 0 aliphatic rings. The maximum absolute atomic E-state index is 5.80. The van der Waals surface area contributed by atoms with E-state index in [9.17, 15) is 0 Å². The third-order valence-electron chi connectivity index (χ3n) is 2.72. The van der Waals surface area contributed by atoms with Gasteiger partial charge in [-0.05, 0) is 24.6 Å². The molecule has 3 N–H and O–H groups in total. The Balaban J connectivity index is 2.42. The molecule has 1 aromatic rings. The summed E-state index contributed by atoms with van der Waals surface area (Å²) in [5, 5.41) is 3.38. The molecule has 0 amide bonds. The van der Waals surface area contributed by atoms with E-state index < -0.39 is 0 Å². The summed E-state index contributed by atoms with van der Waals surface area (Å²) in [6.45, 7) is 8.29. The summed E-state index contributed by atoms with van der Waals surface area (Å²) in [7, 11) is 1.66. The van der Waals surface area contributed by atoms with Gasteiger partial charge in [0.2, 0.25) is 0 Å². The minimum atomic E-state index is 0.114. The van der Waals surface area contributed by atoms with Crippen LogP contribution in [0.5, 0.6) is 5.75 Å². The van der Waals surface area contributed by atoms with Gasteiger partial charge in [-0.3, -0.25) is 0 Å². The van der Waals surface area contributed by atoms with Gasteiger partial charge in [0, 0.05) is 19.1 Å². The first-order valence-electron chi connectivity index (χ1n) is 6.47. The lowest BCUT2D eigenvalue weighted by Crippen LogP contribution is -2.31. The van der Waals surface area contributed by atoms with Crippen molar-refractivity contribution in [3.05, 3.63) is 42.0 Å². The van der Waals surface area contributed by atoms with Crippen molar-refractivity contribution >= 4 is 0 Å². The van der Waals surface area contributed by atoms with Crippen LogP contribution in [0.15, 0.2) is 36.4 Å². The van der Waals surface area contributed by atoms with Gasteiger partial charge >= 0.3 is 0 Å². The maximum atomic E-state index is 5.80. The van der Waals surface area contributed by atoms with E-state index in [4.69, 9.17) is 15.2 Å². The van der Waals surface area contributed by atoms with Gasteiger partial charge in [0.25, 0.3) is 0 Å². The summed E-state index contributed by atoms with van der Waals surface area (Å²) >= 11 is 0. The van der Waals surface area contributed by atoms with Crippen molar-refractivity contribution in [2.75, 3.05) is 33.4 Å². The summed E-state index contributed by atoms with van der Waals surface area (Å²) < 4.78 is 10.7. The summed E-state index contributed by atoms with van der Waals surface area (Å²) in [5.74, 6) is 0.844. The van der Waals surface area contributed by atoms with Crippen LogP contribution in [0.2, 0.25) is 0 Å². The summed E-state index contributed by atoms with van der Waals surface area (Å²) in [6.07, 6.45) is 0. The third-order valence-corrected chi connectivity index (χ3v) is 2.72. The zero-order chi connectivity index (χ0) is 14.1. The zero-order valence-corrected chi connectivity index (χ0v) is 11.8. The second-order valence-electron chi connectivity index (χ2n) is 4.53. The minimum Gasteiger partial charge on any atom is -0.497 e. The topological polar surface area (TPSA) is 56.5 Å². The first kappa shape index (κ1) is 15.7. The molecule has 0 aromatic heterocycles. The van der Waals surface area contributed by atoms with Crippen molar-refractivity contribution in [2.45, 2.75) is 13.0 Å². The highest BCUT2D eigenvalue weighted by Crippen LogP contribution is 2.18. The lowest BCUT2D eigenvalue weighted by Gasteiger charge is -2.18. The largest absolute Gasteiger partial charge is 0.497 e. The quantitative estimate of drug-likeness (QED) is 0.528. The molecule has 0 aliphatic heterocycles. The smallest absolute Gasteiger partial charge is 0.119 e. The molecule has 1 rings (SSSR count). The Hall–Kier alpha value is -1.36. The Morgan fingerprint density at radius 2 is 2.26 bits per heavy atom. The van der Waals surface area contributed by atoms with Crippen LogP contribution >= 0.6 is 0 Å². The van der Waals surface area contributed by atoms with Crippen molar-refractivity contribution in [3.8, 4) is 5.75 Å². The van der Waals surface area contributed by atoms with E-state index in [0.29, 0.717) is 19.8 Å². The maximum Gasteiger partial charge on any atom is 0.119 e. The van der Waals surface area contributed by atoms with Gasteiger partial charge in [-0.15, -0.1) is 0 Å². The van der Waals surface area contributed by atoms with Gasteiger partial charge in [-0.2, -0.15) is 0 Å². The second-order valence-corrected chi connectivity index (χ2v) is 4.53. The predicted molar refractivity (Wildman–Crippen MR) is 78.4 cm³/mol. The molecule has 1 aromatic carbocycles. The van der Waals surface area contributed by atoms with E-state index in [1.165, 1.54) is 0 Å². The van der Waals surface area contributed by atoms with Crippen LogP contribution in [-0.2, 0) is 4.74 Å². The standard InChI is InChI=1S/C15H24N2O2/c1-12(2)11-19-8-7-17-15(10-16)13-5-4-6-14(9-13)18-3/h4-6,9,15,17H,1,7-8,10-11,16H2,2-3H3. The van der Waals surface area contributed by atoms with Crippen LogP contribution in [-0.4, -0.2) is 33.4 Å². The Morgan fingerprint density at radius 1 is 1.47 bits per heavy atom. The lowest BCUT2D eigenvalue weighted by atomic mass is 10.1. The monoisotopic (exact) mass is 264 g/mol. The molecule has 4 heteroatoms. The molecule has 4 nitrogen and oxygen atoms in total. The fourth-order valence-corrected chi connectivity index (χ4v) is 1.75. The Bertz CT molecular complexity index is 393. The molecule has 19 heavy (non-hydrogen) atoms. The molecule has 0 heterocycles. The van der Waals surface area contributed by atoms with Crippen molar-refractivity contribution in [1.82, 2.24) is 5.32 Å². The van der Waals surface area contributed by atoms with E-state index in [1.807, 2.05) is 31.2 Å². The fraction of sp³-hybridized carbons (Fsp3) is 0.467. The average Bonchev–Trinajstić information content (AvgIpc) is 2.42. The van der Waals surface area contributed by atoms with E-state index >= 15 is 0 Å². The lowest BCUT2D eigenvalue weighted by molar-refractivity contribution is 0.155. The molecule has 0 spiro atoms. The van der Waals surface area contributed by atoms with Gasteiger partial charge in [-0.25, -0.2) is 0 Å². The van der Waals surface area contributed by atoms with Gasteiger partial charge < -0.3 is 20.5 Å². The summed E-state index contributed by atoms with van der Waals surface area (Å²) in [4.78, 5) is 0. The molecule has 0 saturated carbocycles. The minimum absolute atomic E-state index is 0.114. The van der Waals surface area contributed by atoms with Crippen LogP contribution in [0.25, 0.3) is 0 Å². The number of ether oxygens (including phenoxy) is 2. The SMILES string of the molecule is C=C(C)COCCNC(CN)c1cccc(OC)c1. The highest BCUT2D eigenvalue weighted by Gasteiger charge is 2.09. The molecule has 1 unspecified atom stereocenters. The van der Waals surface area contributed by atoms with E-state index in [1.54, 1.807) is 7.11 Å². The van der Waals surface area contributed by atoms with Crippen LogP contribution in [0, 0.1) is 0 Å². The molecule has 0 saturated heterocycles. The highest BCUT2D eigenvalue weighted by atomic mass is 16.5. The summed E-state index contributed by atoms with van der Waals surface area (Å²) in [6, 6.07) is 8.05. The molecular formula is C15H24N2O2. The van der Waals surface area contributed by atoms with Gasteiger partial charge in [0.1, 0.15) is 5.75 Å². The Labute approximate surface area is 115 Å². The summed E-state index contributed by atoms with van der Waals surface area (Å²) in [5.41, 5.74) is 7.96. The average molecular weight is 264 g/mol. The Kier molecular flexibility index (Phi) is 7.18. The molecule has 0 fully saturated rings. The molecule has 1 atom stereocenters. The van der Waals surface area contributed by atoms with Crippen molar-refractivity contribution in [3.63, 3.8) is 0 Å². The number of hydrogen-bond acceptors (Lipinski definition) is 4. The number of rotatable bonds is 9. The fourth-order valence-electron chi connectivity index (χ4n) is 1.75. The van der Waals surface area contributed by atoms with E-state index in [-0.39, 0.29) is 6.04 Å². The van der Waals surface area contributed by atoms with Gasteiger partial charge in [0.15, 0.2) is 0 Å². The van der Waals surface area contributed by atoms with Crippen LogP contribution < -0.4 is 15.8 Å². The van der Waals surface area contributed by atoms with Crippen molar-refractivity contribution < 1.29 is 9.47 Å². The second kappa shape index (κ2) is 8.69. The van der Waals surface area contributed by atoms with Gasteiger partial charge in [0.05, 0.1) is 20.3 Å². The third kappa shape index (κ3) is 5.87. The predicted octanol–water partition coefficient (Wildman–Crippen LogP) is 1.88. The number of nitrogens with one attached hydrogen (secondary N) is 1. The van der Waals surface area contributed by atoms with Crippen LogP contribution in [0.3, 0.4) is 0 Å². The zero-order valence-electron chi connectivity index (χ0n) is 11.8. The number of nitrogens with two attached hydrogens (primary N) is 1. The van der Waals surface area contributed by atoms with Crippen LogP contribution in [0.4, 0.5) is 0 Å². The van der Waals surface area contributed by atoms with Crippen molar-refractivity contribution in [2.24, 2.45) is 5.73 Å². The number of methoxy groups -OCH3 is 1. The molecule has 106 valence electrons. The van der Waals surface area contributed by atoms with Crippen LogP contribution in [0.1, 0.15) is 18.5 Å². The van der Waals surface area contributed by atoms with Crippen molar-refractivity contribution in [1.29, 1.82) is 0 Å². The molecule has 0 radical (unpaired) electrons. The Morgan fingerprint density at radius 3 is 2.89 bits per heavy atom. The molecule has 0 aliphatic carbocycles. The molecule has 0 bridgehead atoms. The van der Waals surface area contributed by atoms with E-state index in [2.05, 4.69) is 11.9 Å². The van der Waals surface area contributed by atoms with E-state index in [0.717, 1.165) is 23.4 Å². The number of benzene rings is 1. The normalized spacial score (nSPS) is 12.2. The first-order valence-corrected chi connectivity index (χ1v) is 6.47. The molecular weight excluding hydrogens is 240 g/mol.